The first-order valence-electron chi connectivity index (χ1n) is 9.99. The molecule has 4 rings (SSSR count). The summed E-state index contributed by atoms with van der Waals surface area (Å²) >= 11 is 6.24. The van der Waals surface area contributed by atoms with Crippen LogP contribution in [0.15, 0.2) is 41.3 Å². The molecule has 0 saturated carbocycles. The van der Waals surface area contributed by atoms with Crippen molar-refractivity contribution in [2.75, 3.05) is 26.3 Å². The average Bonchev–Trinajstić information content (AvgIpc) is 3.25. The van der Waals surface area contributed by atoms with Crippen molar-refractivity contribution in [2.45, 2.75) is 30.2 Å². The standard InChI is InChI=1S/C21H22ClFN2O5S/c22-17-12-14(13-19-20(17)30-11-10-29-19)7-8-24-21(26)18-2-1-9-25(18)31(27,28)16-5-3-15(23)4-6-16/h3-6,12-13,18H,1-2,7-11H2,(H,24,26)/t18-/m0/s1. The zero-order chi connectivity index (χ0) is 22.0. The van der Waals surface area contributed by atoms with Gasteiger partial charge in [-0.2, -0.15) is 4.31 Å². The van der Waals surface area contributed by atoms with Crippen molar-refractivity contribution < 1.29 is 27.1 Å². The van der Waals surface area contributed by atoms with Gasteiger partial charge in [-0.3, -0.25) is 4.79 Å². The molecule has 1 fully saturated rings. The number of benzene rings is 2. The molecule has 2 aliphatic heterocycles. The number of ether oxygens (including phenoxy) is 2. The number of fused-ring (bicyclic) bond motifs is 1. The summed E-state index contributed by atoms with van der Waals surface area (Å²) < 4.78 is 51.2. The van der Waals surface area contributed by atoms with Crippen molar-refractivity contribution in [2.24, 2.45) is 0 Å². The number of sulfonamides is 1. The Morgan fingerprint density at radius 3 is 2.71 bits per heavy atom. The lowest BCUT2D eigenvalue weighted by molar-refractivity contribution is -0.124. The third-order valence-corrected chi connectivity index (χ3v) is 7.50. The molecule has 0 radical (unpaired) electrons. The molecule has 2 heterocycles. The number of rotatable bonds is 6. The van der Waals surface area contributed by atoms with Crippen molar-refractivity contribution in [3.8, 4) is 11.5 Å². The third kappa shape index (κ3) is 4.63. The van der Waals surface area contributed by atoms with Gasteiger partial charge < -0.3 is 14.8 Å². The van der Waals surface area contributed by atoms with Gasteiger partial charge in [-0.05, 0) is 61.2 Å². The lowest BCUT2D eigenvalue weighted by Crippen LogP contribution is -2.46. The van der Waals surface area contributed by atoms with Gasteiger partial charge in [0.05, 0.1) is 9.92 Å². The summed E-state index contributed by atoms with van der Waals surface area (Å²) in [5.41, 5.74) is 0.872. The molecule has 1 N–H and O–H groups in total. The van der Waals surface area contributed by atoms with Crippen molar-refractivity contribution in [3.05, 3.63) is 52.8 Å². The zero-order valence-corrected chi connectivity index (χ0v) is 18.2. The Kier molecular flexibility index (Phi) is 6.36. The summed E-state index contributed by atoms with van der Waals surface area (Å²) in [7, 11) is -3.88. The van der Waals surface area contributed by atoms with Crippen LogP contribution in [0.1, 0.15) is 18.4 Å². The fourth-order valence-corrected chi connectivity index (χ4v) is 5.73. The fraction of sp³-hybridized carbons (Fsp3) is 0.381. The van der Waals surface area contributed by atoms with E-state index in [1.54, 1.807) is 6.07 Å². The average molecular weight is 469 g/mol. The Morgan fingerprint density at radius 2 is 1.94 bits per heavy atom. The van der Waals surface area contributed by atoms with Gasteiger partial charge in [-0.25, -0.2) is 12.8 Å². The second kappa shape index (κ2) is 9.02. The van der Waals surface area contributed by atoms with Crippen LogP contribution >= 0.6 is 11.6 Å². The summed E-state index contributed by atoms with van der Waals surface area (Å²) in [6, 6.07) is 7.41. The van der Waals surface area contributed by atoms with E-state index >= 15 is 0 Å². The first-order valence-corrected chi connectivity index (χ1v) is 11.8. The smallest absolute Gasteiger partial charge is 0.243 e. The van der Waals surface area contributed by atoms with E-state index in [-0.39, 0.29) is 17.3 Å². The second-order valence-electron chi connectivity index (χ2n) is 7.37. The minimum Gasteiger partial charge on any atom is -0.486 e. The van der Waals surface area contributed by atoms with Crippen LogP contribution in [0.3, 0.4) is 0 Å². The molecular weight excluding hydrogens is 447 g/mol. The lowest BCUT2D eigenvalue weighted by atomic mass is 10.1. The van der Waals surface area contributed by atoms with Crippen LogP contribution in [0.2, 0.25) is 5.02 Å². The molecule has 10 heteroatoms. The molecule has 2 aromatic rings. The van der Waals surface area contributed by atoms with Crippen molar-refractivity contribution in [3.63, 3.8) is 0 Å². The maximum absolute atomic E-state index is 13.2. The summed E-state index contributed by atoms with van der Waals surface area (Å²) in [5, 5.41) is 3.26. The Hall–Kier alpha value is -2.36. The highest BCUT2D eigenvalue weighted by molar-refractivity contribution is 7.89. The monoisotopic (exact) mass is 468 g/mol. The van der Waals surface area contributed by atoms with Gasteiger partial charge in [-0.15, -0.1) is 0 Å². The molecule has 2 aromatic carbocycles. The van der Waals surface area contributed by atoms with Gasteiger partial charge in [0.25, 0.3) is 0 Å². The number of amides is 1. The van der Waals surface area contributed by atoms with E-state index in [1.165, 1.54) is 16.4 Å². The number of carbonyl (C=O) groups is 1. The van der Waals surface area contributed by atoms with E-state index in [9.17, 15) is 17.6 Å². The fourth-order valence-electron chi connectivity index (χ4n) is 3.79. The number of hydrogen-bond acceptors (Lipinski definition) is 5. The number of hydrogen-bond donors (Lipinski definition) is 1. The molecule has 1 amide bonds. The van der Waals surface area contributed by atoms with Crippen molar-refractivity contribution in [1.29, 1.82) is 0 Å². The van der Waals surface area contributed by atoms with E-state index in [1.807, 2.05) is 6.07 Å². The highest BCUT2D eigenvalue weighted by Crippen LogP contribution is 2.38. The van der Waals surface area contributed by atoms with Gasteiger partial charge in [0, 0.05) is 13.1 Å². The van der Waals surface area contributed by atoms with E-state index in [0.717, 1.165) is 17.7 Å². The third-order valence-electron chi connectivity index (χ3n) is 5.30. The Balaban J connectivity index is 1.39. The minimum absolute atomic E-state index is 0.0282. The van der Waals surface area contributed by atoms with Gasteiger partial charge >= 0.3 is 0 Å². The van der Waals surface area contributed by atoms with Gasteiger partial charge in [0.2, 0.25) is 15.9 Å². The summed E-state index contributed by atoms with van der Waals surface area (Å²) in [6.07, 6.45) is 1.51. The van der Waals surface area contributed by atoms with Crippen LogP contribution < -0.4 is 14.8 Å². The summed E-state index contributed by atoms with van der Waals surface area (Å²) in [4.78, 5) is 12.7. The van der Waals surface area contributed by atoms with Crippen molar-refractivity contribution in [1.82, 2.24) is 9.62 Å². The largest absolute Gasteiger partial charge is 0.486 e. The van der Waals surface area contributed by atoms with Gasteiger partial charge in [0.15, 0.2) is 11.5 Å². The van der Waals surface area contributed by atoms with E-state index < -0.39 is 21.9 Å². The predicted octanol–water partition coefficient (Wildman–Crippen LogP) is 2.76. The van der Waals surface area contributed by atoms with E-state index in [2.05, 4.69) is 5.32 Å². The molecule has 2 aliphatic rings. The highest BCUT2D eigenvalue weighted by atomic mass is 35.5. The molecule has 0 bridgehead atoms. The topological polar surface area (TPSA) is 84.9 Å². The number of nitrogens with zero attached hydrogens (tertiary/aromatic N) is 1. The highest BCUT2D eigenvalue weighted by Gasteiger charge is 2.39. The molecule has 1 saturated heterocycles. The number of nitrogens with one attached hydrogen (secondary N) is 1. The van der Waals surface area contributed by atoms with Crippen molar-refractivity contribution >= 4 is 27.5 Å². The molecule has 7 nitrogen and oxygen atoms in total. The normalized spacial score (nSPS) is 18.7. The van der Waals surface area contributed by atoms with Crippen LogP contribution in [0.4, 0.5) is 4.39 Å². The van der Waals surface area contributed by atoms with Crippen LogP contribution in [0.25, 0.3) is 0 Å². The molecule has 31 heavy (non-hydrogen) atoms. The minimum atomic E-state index is -3.88. The zero-order valence-electron chi connectivity index (χ0n) is 16.6. The predicted molar refractivity (Wildman–Crippen MR) is 112 cm³/mol. The quantitative estimate of drug-likeness (QED) is 0.704. The molecule has 0 unspecified atom stereocenters. The van der Waals surface area contributed by atoms with Crippen LogP contribution in [-0.4, -0.2) is 51.0 Å². The van der Waals surface area contributed by atoms with Crippen LogP contribution in [0, 0.1) is 5.82 Å². The molecule has 0 aromatic heterocycles. The Labute approximate surface area is 185 Å². The van der Waals surface area contributed by atoms with Gasteiger partial charge in [0.1, 0.15) is 25.1 Å². The Morgan fingerprint density at radius 1 is 1.19 bits per heavy atom. The molecule has 166 valence electrons. The van der Waals surface area contributed by atoms with Gasteiger partial charge in [-0.1, -0.05) is 11.6 Å². The van der Waals surface area contributed by atoms with E-state index in [0.29, 0.717) is 55.5 Å². The van der Waals surface area contributed by atoms with Crippen LogP contribution in [0.5, 0.6) is 11.5 Å². The number of halogens is 2. The summed E-state index contributed by atoms with van der Waals surface area (Å²) in [6.45, 7) is 1.45. The maximum Gasteiger partial charge on any atom is 0.243 e. The first kappa shape index (κ1) is 21.9. The second-order valence-corrected chi connectivity index (χ2v) is 9.67. The molecule has 1 atom stereocenters. The number of carbonyl (C=O) groups excluding carboxylic acids is 1. The SMILES string of the molecule is O=C(NCCc1cc(Cl)c2c(c1)OCCO2)[C@@H]1CCCN1S(=O)(=O)c1ccc(F)cc1. The molecular formula is C21H22ClFN2O5S. The lowest BCUT2D eigenvalue weighted by Gasteiger charge is -2.23. The Bertz CT molecular complexity index is 1080. The first-order chi connectivity index (χ1) is 14.9. The summed E-state index contributed by atoms with van der Waals surface area (Å²) in [5.74, 6) is 0.224. The van der Waals surface area contributed by atoms with Crippen LogP contribution in [-0.2, 0) is 21.2 Å². The maximum atomic E-state index is 13.2. The molecule has 0 spiro atoms. The van der Waals surface area contributed by atoms with E-state index in [4.69, 9.17) is 21.1 Å². The molecule has 0 aliphatic carbocycles.